The van der Waals surface area contributed by atoms with Gasteiger partial charge in [0.15, 0.2) is 5.78 Å². The van der Waals surface area contributed by atoms with Gasteiger partial charge in [-0.3, -0.25) is 4.79 Å². The van der Waals surface area contributed by atoms with Gasteiger partial charge >= 0.3 is 0 Å². The highest BCUT2D eigenvalue weighted by Gasteiger charge is 2.11. The SMILES string of the molecule is N#CCC(=O)c1ccoc1Cl. The maximum absolute atomic E-state index is 11.0. The summed E-state index contributed by atoms with van der Waals surface area (Å²) in [5, 5.41) is 8.23. The molecule has 1 heterocycles. The average molecular weight is 170 g/mol. The zero-order valence-electron chi connectivity index (χ0n) is 5.50. The average Bonchev–Trinajstić information content (AvgIpc) is 2.36. The van der Waals surface area contributed by atoms with Gasteiger partial charge in [-0.15, -0.1) is 0 Å². The van der Waals surface area contributed by atoms with Crippen LogP contribution in [0.3, 0.4) is 0 Å². The molecule has 0 N–H and O–H groups in total. The number of furan rings is 1. The van der Waals surface area contributed by atoms with Gasteiger partial charge in [0.2, 0.25) is 5.22 Å². The van der Waals surface area contributed by atoms with E-state index in [0.29, 0.717) is 0 Å². The molecule has 1 rings (SSSR count). The van der Waals surface area contributed by atoms with E-state index in [0.717, 1.165) is 0 Å². The van der Waals surface area contributed by atoms with Crippen molar-refractivity contribution in [2.75, 3.05) is 0 Å². The number of halogens is 1. The molecular formula is C7H4ClNO2. The molecule has 0 aromatic carbocycles. The molecule has 0 bridgehead atoms. The van der Waals surface area contributed by atoms with Crippen molar-refractivity contribution in [1.82, 2.24) is 0 Å². The van der Waals surface area contributed by atoms with Crippen molar-refractivity contribution >= 4 is 17.4 Å². The quantitative estimate of drug-likeness (QED) is 0.637. The van der Waals surface area contributed by atoms with Crippen molar-refractivity contribution in [2.45, 2.75) is 6.42 Å². The Balaban J connectivity index is 2.86. The molecule has 4 heteroatoms. The van der Waals surface area contributed by atoms with Crippen LogP contribution in [-0.2, 0) is 0 Å². The molecule has 0 aliphatic carbocycles. The number of nitriles is 1. The van der Waals surface area contributed by atoms with E-state index in [1.807, 2.05) is 0 Å². The van der Waals surface area contributed by atoms with Gasteiger partial charge in [-0.25, -0.2) is 0 Å². The van der Waals surface area contributed by atoms with E-state index in [1.54, 1.807) is 6.07 Å². The first kappa shape index (κ1) is 7.83. The first-order valence-electron chi connectivity index (χ1n) is 2.89. The van der Waals surface area contributed by atoms with E-state index in [-0.39, 0.29) is 23.0 Å². The Bertz CT molecular complexity index is 310. The van der Waals surface area contributed by atoms with Gasteiger partial charge in [0.05, 0.1) is 24.3 Å². The van der Waals surface area contributed by atoms with Crippen molar-refractivity contribution in [1.29, 1.82) is 5.26 Å². The van der Waals surface area contributed by atoms with Crippen molar-refractivity contribution < 1.29 is 9.21 Å². The molecular weight excluding hydrogens is 166 g/mol. The summed E-state index contributed by atoms with van der Waals surface area (Å²) in [5.74, 6) is -0.314. The predicted molar refractivity (Wildman–Crippen MR) is 38.3 cm³/mol. The number of ketones is 1. The minimum Gasteiger partial charge on any atom is -0.452 e. The molecule has 0 spiro atoms. The minimum atomic E-state index is -0.314. The van der Waals surface area contributed by atoms with E-state index in [4.69, 9.17) is 16.9 Å². The van der Waals surface area contributed by atoms with Crippen molar-refractivity contribution in [2.24, 2.45) is 0 Å². The molecule has 3 nitrogen and oxygen atoms in total. The zero-order chi connectivity index (χ0) is 8.27. The predicted octanol–water partition coefficient (Wildman–Crippen LogP) is 2.03. The fourth-order valence-electron chi connectivity index (χ4n) is 0.660. The Kier molecular flexibility index (Phi) is 2.29. The molecule has 0 saturated carbocycles. The highest BCUT2D eigenvalue weighted by Crippen LogP contribution is 2.17. The van der Waals surface area contributed by atoms with Gasteiger partial charge < -0.3 is 4.42 Å². The molecule has 0 radical (unpaired) electrons. The number of carbonyl (C=O) groups is 1. The fourth-order valence-corrected chi connectivity index (χ4v) is 0.880. The molecule has 56 valence electrons. The number of rotatable bonds is 2. The standard InChI is InChI=1S/C7H4ClNO2/c8-7-5(2-4-11-7)6(10)1-3-9/h2,4H,1H2. The summed E-state index contributed by atoms with van der Waals surface area (Å²) in [6.07, 6.45) is 1.15. The summed E-state index contributed by atoms with van der Waals surface area (Å²) in [6, 6.07) is 3.18. The fraction of sp³-hybridized carbons (Fsp3) is 0.143. The van der Waals surface area contributed by atoms with Crippen LogP contribution in [0.15, 0.2) is 16.7 Å². The Morgan fingerprint density at radius 2 is 2.55 bits per heavy atom. The van der Waals surface area contributed by atoms with Crippen LogP contribution in [0.2, 0.25) is 5.22 Å². The van der Waals surface area contributed by atoms with Gasteiger partial charge in [0.1, 0.15) is 0 Å². The Morgan fingerprint density at radius 1 is 1.82 bits per heavy atom. The molecule has 11 heavy (non-hydrogen) atoms. The molecule has 1 aromatic rings. The van der Waals surface area contributed by atoms with Gasteiger partial charge in [-0.1, -0.05) is 0 Å². The Labute approximate surface area is 68.2 Å². The van der Waals surface area contributed by atoms with E-state index >= 15 is 0 Å². The van der Waals surface area contributed by atoms with Crippen LogP contribution in [-0.4, -0.2) is 5.78 Å². The van der Waals surface area contributed by atoms with Crippen LogP contribution in [0.1, 0.15) is 16.8 Å². The summed E-state index contributed by atoms with van der Waals surface area (Å²) < 4.78 is 4.67. The lowest BCUT2D eigenvalue weighted by Crippen LogP contribution is -1.94. The van der Waals surface area contributed by atoms with E-state index in [2.05, 4.69) is 4.42 Å². The summed E-state index contributed by atoms with van der Waals surface area (Å²) in [4.78, 5) is 11.0. The largest absolute Gasteiger partial charge is 0.452 e. The second-order valence-corrected chi connectivity index (χ2v) is 2.21. The number of nitrogens with zero attached hydrogens (tertiary/aromatic N) is 1. The highest BCUT2D eigenvalue weighted by atomic mass is 35.5. The van der Waals surface area contributed by atoms with Crippen molar-refractivity contribution in [3.8, 4) is 6.07 Å². The van der Waals surface area contributed by atoms with Gasteiger partial charge in [0, 0.05) is 0 Å². The number of Topliss-reactive ketones (excluding diaryl/α,β-unsaturated/α-hetero) is 1. The maximum Gasteiger partial charge on any atom is 0.203 e. The van der Waals surface area contributed by atoms with E-state index < -0.39 is 0 Å². The highest BCUT2D eigenvalue weighted by molar-refractivity contribution is 6.32. The van der Waals surface area contributed by atoms with E-state index in [9.17, 15) is 4.79 Å². The lowest BCUT2D eigenvalue weighted by Gasteiger charge is -1.88. The summed E-state index contributed by atoms with van der Waals surface area (Å²) in [5.41, 5.74) is 0.271. The third-order valence-electron chi connectivity index (χ3n) is 1.16. The summed E-state index contributed by atoms with van der Waals surface area (Å²) in [7, 11) is 0. The minimum absolute atomic E-state index is 0.0465. The second kappa shape index (κ2) is 3.22. The monoisotopic (exact) mass is 169 g/mol. The van der Waals surface area contributed by atoms with Crippen LogP contribution in [0.25, 0.3) is 0 Å². The second-order valence-electron chi connectivity index (χ2n) is 1.87. The normalized spacial score (nSPS) is 9.09. The van der Waals surface area contributed by atoms with Crippen LogP contribution in [0.5, 0.6) is 0 Å². The molecule has 0 aliphatic rings. The molecule has 0 unspecified atom stereocenters. The smallest absolute Gasteiger partial charge is 0.203 e. The maximum atomic E-state index is 11.0. The first-order valence-corrected chi connectivity index (χ1v) is 3.26. The zero-order valence-corrected chi connectivity index (χ0v) is 6.26. The molecule has 0 atom stereocenters. The van der Waals surface area contributed by atoms with Crippen molar-refractivity contribution in [3.63, 3.8) is 0 Å². The first-order chi connectivity index (χ1) is 5.25. The summed E-state index contributed by atoms with van der Waals surface area (Å²) >= 11 is 5.47. The van der Waals surface area contributed by atoms with Gasteiger partial charge in [-0.2, -0.15) is 5.26 Å². The molecule has 0 aliphatic heterocycles. The molecule has 1 aromatic heterocycles. The van der Waals surface area contributed by atoms with E-state index in [1.165, 1.54) is 12.3 Å². The molecule has 0 amide bonds. The Hall–Kier alpha value is -1.27. The molecule has 0 saturated heterocycles. The summed E-state index contributed by atoms with van der Waals surface area (Å²) in [6.45, 7) is 0. The van der Waals surface area contributed by atoms with Crippen LogP contribution in [0, 0.1) is 11.3 Å². The Morgan fingerprint density at radius 3 is 3.00 bits per heavy atom. The molecule has 0 fully saturated rings. The van der Waals surface area contributed by atoms with Crippen molar-refractivity contribution in [3.05, 3.63) is 23.1 Å². The number of hydrogen-bond donors (Lipinski definition) is 0. The van der Waals surface area contributed by atoms with Crippen LogP contribution < -0.4 is 0 Å². The third kappa shape index (κ3) is 1.60. The van der Waals surface area contributed by atoms with Gasteiger partial charge in [0.25, 0.3) is 0 Å². The number of hydrogen-bond acceptors (Lipinski definition) is 3. The number of carbonyl (C=O) groups excluding carboxylic acids is 1. The lowest BCUT2D eigenvalue weighted by molar-refractivity contribution is 0.0997. The van der Waals surface area contributed by atoms with Crippen LogP contribution >= 0.6 is 11.6 Å². The topological polar surface area (TPSA) is 54.0 Å². The third-order valence-corrected chi connectivity index (χ3v) is 1.45. The van der Waals surface area contributed by atoms with Crippen LogP contribution in [0.4, 0.5) is 0 Å². The van der Waals surface area contributed by atoms with Gasteiger partial charge in [-0.05, 0) is 17.7 Å². The lowest BCUT2D eigenvalue weighted by atomic mass is 10.2.